The van der Waals surface area contributed by atoms with Crippen LogP contribution >= 0.6 is 31.9 Å². The highest BCUT2D eigenvalue weighted by atomic mass is 79.9. The molecule has 0 N–H and O–H groups in total. The monoisotopic (exact) mass is 383 g/mol. The van der Waals surface area contributed by atoms with Gasteiger partial charge < -0.3 is 0 Å². The number of nitrogens with zero attached hydrogens (tertiary/aromatic N) is 1. The van der Waals surface area contributed by atoms with Crippen LogP contribution < -0.4 is 0 Å². The van der Waals surface area contributed by atoms with Gasteiger partial charge >= 0.3 is 0 Å². The van der Waals surface area contributed by atoms with E-state index in [1.165, 1.54) is 4.31 Å². The molecule has 0 unspecified atom stereocenters. The third-order valence-corrected chi connectivity index (χ3v) is 6.56. The molecule has 0 saturated heterocycles. The minimum atomic E-state index is -3.46. The molecule has 0 fully saturated rings. The fraction of sp³-hybridized carbons (Fsp3) is 0.455. The van der Waals surface area contributed by atoms with E-state index in [9.17, 15) is 8.42 Å². The molecular formula is C11H15Br2NO2S. The van der Waals surface area contributed by atoms with Gasteiger partial charge in [-0.1, -0.05) is 37.9 Å². The molecule has 0 radical (unpaired) electrons. The van der Waals surface area contributed by atoms with Crippen molar-refractivity contribution in [3.63, 3.8) is 0 Å². The maximum Gasteiger partial charge on any atom is 0.243 e. The quantitative estimate of drug-likeness (QED) is 0.747. The van der Waals surface area contributed by atoms with Gasteiger partial charge in [0.05, 0.1) is 4.90 Å². The van der Waals surface area contributed by atoms with E-state index in [1.54, 1.807) is 31.3 Å². The average Bonchev–Trinajstić information content (AvgIpc) is 2.28. The highest BCUT2D eigenvalue weighted by Gasteiger charge is 2.33. The zero-order chi connectivity index (χ0) is 13.3. The van der Waals surface area contributed by atoms with E-state index in [0.717, 1.165) is 4.47 Å². The van der Waals surface area contributed by atoms with Crippen molar-refractivity contribution in [2.24, 2.45) is 0 Å². The second-order valence-corrected chi connectivity index (χ2v) is 7.82. The van der Waals surface area contributed by atoms with Gasteiger partial charge in [0.1, 0.15) is 0 Å². The van der Waals surface area contributed by atoms with Crippen molar-refractivity contribution in [1.29, 1.82) is 0 Å². The third kappa shape index (κ3) is 3.30. The summed E-state index contributed by atoms with van der Waals surface area (Å²) in [4.78, 5) is 0.295. The van der Waals surface area contributed by atoms with E-state index in [0.29, 0.717) is 10.2 Å². The predicted molar refractivity (Wildman–Crippen MR) is 77.0 cm³/mol. The lowest BCUT2D eigenvalue weighted by Gasteiger charge is -2.32. The summed E-state index contributed by atoms with van der Waals surface area (Å²) in [5, 5.41) is 0.573. The van der Waals surface area contributed by atoms with Gasteiger partial charge in [-0.05, 0) is 32.0 Å². The van der Waals surface area contributed by atoms with Crippen LogP contribution in [-0.2, 0) is 10.0 Å². The van der Waals surface area contributed by atoms with Gasteiger partial charge in [-0.15, -0.1) is 0 Å². The van der Waals surface area contributed by atoms with Gasteiger partial charge in [-0.2, -0.15) is 4.31 Å². The molecule has 0 heterocycles. The lowest BCUT2D eigenvalue weighted by molar-refractivity contribution is 0.299. The summed E-state index contributed by atoms with van der Waals surface area (Å²) in [6.07, 6.45) is 0. The van der Waals surface area contributed by atoms with Crippen LogP contribution in [0.15, 0.2) is 33.6 Å². The first-order valence-electron chi connectivity index (χ1n) is 5.02. The van der Waals surface area contributed by atoms with Crippen LogP contribution in [0, 0.1) is 0 Å². The molecule has 0 spiro atoms. The van der Waals surface area contributed by atoms with Crippen LogP contribution in [0.5, 0.6) is 0 Å². The van der Waals surface area contributed by atoms with Crippen molar-refractivity contribution < 1.29 is 8.42 Å². The van der Waals surface area contributed by atoms with Crippen LogP contribution in [-0.4, -0.2) is 30.6 Å². The van der Waals surface area contributed by atoms with Crippen LogP contribution in [0.25, 0.3) is 0 Å². The summed E-state index contributed by atoms with van der Waals surface area (Å²) in [5.41, 5.74) is -0.471. The smallest absolute Gasteiger partial charge is 0.207 e. The Morgan fingerprint density at radius 2 is 1.94 bits per heavy atom. The van der Waals surface area contributed by atoms with E-state index in [1.807, 2.05) is 13.8 Å². The summed E-state index contributed by atoms with van der Waals surface area (Å²) < 4.78 is 26.9. The van der Waals surface area contributed by atoms with Crippen LogP contribution in [0.4, 0.5) is 0 Å². The molecule has 0 aliphatic heterocycles. The van der Waals surface area contributed by atoms with Gasteiger partial charge in [0, 0.05) is 22.4 Å². The van der Waals surface area contributed by atoms with Gasteiger partial charge in [-0.3, -0.25) is 0 Å². The van der Waals surface area contributed by atoms with Crippen molar-refractivity contribution in [2.45, 2.75) is 24.3 Å². The average molecular weight is 385 g/mol. The second kappa shape index (κ2) is 5.38. The van der Waals surface area contributed by atoms with E-state index >= 15 is 0 Å². The number of benzene rings is 1. The number of hydrogen-bond acceptors (Lipinski definition) is 2. The summed E-state index contributed by atoms with van der Waals surface area (Å²) >= 11 is 6.61. The van der Waals surface area contributed by atoms with Crippen molar-refractivity contribution in [3.8, 4) is 0 Å². The highest BCUT2D eigenvalue weighted by molar-refractivity contribution is 9.10. The van der Waals surface area contributed by atoms with E-state index in [-0.39, 0.29) is 0 Å². The normalized spacial score (nSPS) is 13.1. The van der Waals surface area contributed by atoms with Crippen molar-refractivity contribution in [3.05, 3.63) is 28.7 Å². The Hall–Kier alpha value is 0.0900. The SMILES string of the molecule is CN(C(C)(C)CBr)S(=O)(=O)c1cccc(Br)c1. The molecule has 3 nitrogen and oxygen atoms in total. The zero-order valence-electron chi connectivity index (χ0n) is 9.94. The Labute approximate surface area is 120 Å². The molecule has 17 heavy (non-hydrogen) atoms. The molecule has 0 amide bonds. The van der Waals surface area contributed by atoms with Crippen molar-refractivity contribution in [2.75, 3.05) is 12.4 Å². The number of rotatable bonds is 4. The lowest BCUT2D eigenvalue weighted by atomic mass is 10.1. The van der Waals surface area contributed by atoms with Gasteiger partial charge in [-0.25, -0.2) is 8.42 Å². The van der Waals surface area contributed by atoms with Crippen molar-refractivity contribution >= 4 is 41.9 Å². The molecule has 0 atom stereocenters. The minimum absolute atomic E-state index is 0.295. The largest absolute Gasteiger partial charge is 0.243 e. The minimum Gasteiger partial charge on any atom is -0.207 e. The molecule has 1 aromatic rings. The zero-order valence-corrected chi connectivity index (χ0v) is 13.9. The topological polar surface area (TPSA) is 37.4 Å². The van der Waals surface area contributed by atoms with Gasteiger partial charge in [0.25, 0.3) is 0 Å². The maximum atomic E-state index is 12.4. The third-order valence-electron chi connectivity index (χ3n) is 2.63. The summed E-state index contributed by atoms with van der Waals surface area (Å²) in [6.45, 7) is 3.74. The van der Waals surface area contributed by atoms with Crippen LogP contribution in [0.2, 0.25) is 0 Å². The van der Waals surface area contributed by atoms with E-state index in [4.69, 9.17) is 0 Å². The summed E-state index contributed by atoms with van der Waals surface area (Å²) in [6, 6.07) is 6.72. The molecule has 0 saturated carbocycles. The molecule has 0 aliphatic carbocycles. The molecule has 0 bridgehead atoms. The molecule has 1 aromatic carbocycles. The first-order chi connectivity index (χ1) is 7.71. The predicted octanol–water partition coefficient (Wildman–Crippen LogP) is 3.24. The Balaban J connectivity index is 3.21. The second-order valence-electron chi connectivity index (χ2n) is 4.38. The fourth-order valence-corrected chi connectivity index (χ4v) is 3.85. The first kappa shape index (κ1) is 15.1. The maximum absolute atomic E-state index is 12.4. The van der Waals surface area contributed by atoms with Crippen molar-refractivity contribution in [1.82, 2.24) is 4.31 Å². The highest BCUT2D eigenvalue weighted by Crippen LogP contribution is 2.25. The molecule has 6 heteroatoms. The Bertz CT molecular complexity index is 500. The standard InChI is InChI=1S/C11H15Br2NO2S/c1-11(2,8-12)14(3)17(15,16)10-6-4-5-9(13)7-10/h4-7H,8H2,1-3H3. The Kier molecular flexibility index (Phi) is 4.80. The summed E-state index contributed by atoms with van der Waals surface area (Å²) in [5.74, 6) is 0. The molecule has 0 aromatic heterocycles. The lowest BCUT2D eigenvalue weighted by Crippen LogP contribution is -2.46. The first-order valence-corrected chi connectivity index (χ1v) is 8.38. The van der Waals surface area contributed by atoms with Gasteiger partial charge in [0.2, 0.25) is 10.0 Å². The number of hydrogen-bond donors (Lipinski definition) is 0. The van der Waals surface area contributed by atoms with Crippen LogP contribution in [0.1, 0.15) is 13.8 Å². The molecule has 1 rings (SSSR count). The molecule has 96 valence electrons. The van der Waals surface area contributed by atoms with Crippen LogP contribution in [0.3, 0.4) is 0 Å². The Morgan fingerprint density at radius 1 is 1.35 bits per heavy atom. The number of alkyl halides is 1. The molecule has 0 aliphatic rings. The van der Waals surface area contributed by atoms with E-state index in [2.05, 4.69) is 31.9 Å². The summed E-state index contributed by atoms with van der Waals surface area (Å²) in [7, 11) is -1.86. The molecular weight excluding hydrogens is 370 g/mol. The number of sulfonamides is 1. The fourth-order valence-electron chi connectivity index (χ4n) is 1.20. The number of halogens is 2. The van der Waals surface area contributed by atoms with Gasteiger partial charge in [0.15, 0.2) is 0 Å². The van der Waals surface area contributed by atoms with E-state index < -0.39 is 15.6 Å². The Morgan fingerprint density at radius 3 is 2.41 bits per heavy atom.